The van der Waals surface area contributed by atoms with Crippen molar-refractivity contribution < 1.29 is 23.5 Å². The van der Waals surface area contributed by atoms with E-state index < -0.39 is 23.4 Å². The van der Waals surface area contributed by atoms with E-state index in [1.165, 1.54) is 13.2 Å². The number of hydrogen-bond donors (Lipinski definition) is 2. The number of carbonyl (C=O) groups excluding carboxylic acids is 2. The van der Waals surface area contributed by atoms with Crippen molar-refractivity contribution in [2.75, 3.05) is 7.11 Å². The fourth-order valence-electron chi connectivity index (χ4n) is 1.33. The molecule has 0 saturated carbocycles. The van der Waals surface area contributed by atoms with E-state index in [1.54, 1.807) is 20.8 Å². The van der Waals surface area contributed by atoms with Gasteiger partial charge in [-0.3, -0.25) is 10.2 Å². The minimum atomic E-state index is -0.799. The molecule has 0 aliphatic rings. The molecular formula is C13H17FN2O4. The lowest BCUT2D eigenvalue weighted by Gasteiger charge is -2.19. The van der Waals surface area contributed by atoms with Crippen LogP contribution in [0.4, 0.5) is 9.18 Å². The molecule has 110 valence electrons. The van der Waals surface area contributed by atoms with E-state index in [4.69, 9.17) is 9.47 Å². The summed E-state index contributed by atoms with van der Waals surface area (Å²) < 4.78 is 22.8. The molecule has 2 amide bonds. The molecule has 7 heteroatoms. The summed E-state index contributed by atoms with van der Waals surface area (Å²) in [5.74, 6) is -1.11. The predicted molar refractivity (Wildman–Crippen MR) is 69.8 cm³/mol. The summed E-state index contributed by atoms with van der Waals surface area (Å²) in [6.07, 6.45) is -0.799. The monoisotopic (exact) mass is 284 g/mol. The van der Waals surface area contributed by atoms with Gasteiger partial charge in [0.15, 0.2) is 0 Å². The highest BCUT2D eigenvalue weighted by molar-refractivity contribution is 5.97. The summed E-state index contributed by atoms with van der Waals surface area (Å²) in [7, 11) is 1.31. The molecule has 2 N–H and O–H groups in total. The maximum Gasteiger partial charge on any atom is 0.426 e. The minimum absolute atomic E-state index is 0.0634. The normalized spacial score (nSPS) is 10.7. The second kappa shape index (κ2) is 6.23. The van der Waals surface area contributed by atoms with Crippen LogP contribution in [0.5, 0.6) is 5.75 Å². The van der Waals surface area contributed by atoms with Crippen LogP contribution in [0.1, 0.15) is 31.1 Å². The van der Waals surface area contributed by atoms with Crippen LogP contribution in [0.15, 0.2) is 18.2 Å². The van der Waals surface area contributed by atoms with E-state index in [1.807, 2.05) is 0 Å². The molecule has 1 aromatic rings. The molecular weight excluding hydrogens is 267 g/mol. The molecule has 0 atom stereocenters. The number of ether oxygens (including phenoxy) is 2. The smallest absolute Gasteiger partial charge is 0.426 e. The number of hydrogen-bond acceptors (Lipinski definition) is 4. The van der Waals surface area contributed by atoms with Gasteiger partial charge in [-0.05, 0) is 32.9 Å². The Morgan fingerprint density at radius 3 is 2.40 bits per heavy atom. The van der Waals surface area contributed by atoms with Gasteiger partial charge in [0.1, 0.15) is 17.2 Å². The van der Waals surface area contributed by atoms with Crippen LogP contribution in [-0.2, 0) is 4.74 Å². The number of amides is 2. The Hall–Kier alpha value is -2.31. The number of rotatable bonds is 2. The van der Waals surface area contributed by atoms with Gasteiger partial charge < -0.3 is 9.47 Å². The molecule has 0 saturated heterocycles. The quantitative estimate of drug-likeness (QED) is 0.814. The first-order valence-electron chi connectivity index (χ1n) is 5.86. The van der Waals surface area contributed by atoms with Crippen molar-refractivity contribution in [3.63, 3.8) is 0 Å². The summed E-state index contributed by atoms with van der Waals surface area (Å²) in [6, 6.07) is 3.44. The predicted octanol–water partition coefficient (Wildman–Crippen LogP) is 2.00. The number of hydrazine groups is 1. The van der Waals surface area contributed by atoms with Crippen LogP contribution in [0, 0.1) is 5.82 Å². The average molecular weight is 284 g/mol. The van der Waals surface area contributed by atoms with Crippen LogP contribution in [0.2, 0.25) is 0 Å². The van der Waals surface area contributed by atoms with Crippen LogP contribution >= 0.6 is 0 Å². The van der Waals surface area contributed by atoms with Crippen molar-refractivity contribution in [2.24, 2.45) is 0 Å². The zero-order valence-corrected chi connectivity index (χ0v) is 11.7. The second-order valence-electron chi connectivity index (χ2n) is 4.93. The van der Waals surface area contributed by atoms with Crippen molar-refractivity contribution in [3.8, 4) is 5.75 Å². The molecule has 6 nitrogen and oxygen atoms in total. The van der Waals surface area contributed by atoms with Gasteiger partial charge in [0.2, 0.25) is 0 Å². The Morgan fingerprint density at radius 1 is 1.20 bits per heavy atom. The Kier molecular flexibility index (Phi) is 4.90. The molecule has 0 bridgehead atoms. The standard InChI is InChI=1S/C13H17FN2O4/c1-13(2,3)20-12(18)16-15-11(17)9-6-5-8(14)7-10(9)19-4/h5-7H,1-4H3,(H,15,17)(H,16,18). The van der Waals surface area contributed by atoms with E-state index in [9.17, 15) is 14.0 Å². The molecule has 1 aromatic carbocycles. The lowest BCUT2D eigenvalue weighted by atomic mass is 10.2. The first-order valence-corrected chi connectivity index (χ1v) is 5.86. The van der Waals surface area contributed by atoms with Crippen LogP contribution < -0.4 is 15.6 Å². The largest absolute Gasteiger partial charge is 0.496 e. The third kappa shape index (κ3) is 4.75. The molecule has 0 spiro atoms. The number of halogens is 1. The molecule has 0 radical (unpaired) electrons. The van der Waals surface area contributed by atoms with Gasteiger partial charge in [-0.15, -0.1) is 0 Å². The summed E-state index contributed by atoms with van der Waals surface area (Å²) in [6.45, 7) is 5.08. The Morgan fingerprint density at radius 2 is 1.85 bits per heavy atom. The number of nitrogens with one attached hydrogen (secondary N) is 2. The first kappa shape index (κ1) is 15.7. The Balaban J connectivity index is 2.66. The number of benzene rings is 1. The zero-order chi connectivity index (χ0) is 15.3. The van der Waals surface area contributed by atoms with Crippen LogP contribution in [0.3, 0.4) is 0 Å². The van der Waals surface area contributed by atoms with Gasteiger partial charge in [0.05, 0.1) is 12.7 Å². The number of methoxy groups -OCH3 is 1. The molecule has 0 unspecified atom stereocenters. The van der Waals surface area contributed by atoms with Crippen molar-refractivity contribution >= 4 is 12.0 Å². The van der Waals surface area contributed by atoms with E-state index in [2.05, 4.69) is 10.9 Å². The Bertz CT molecular complexity index is 512. The van der Waals surface area contributed by atoms with E-state index >= 15 is 0 Å². The SMILES string of the molecule is COc1cc(F)ccc1C(=O)NNC(=O)OC(C)(C)C. The van der Waals surface area contributed by atoms with Gasteiger partial charge in [-0.2, -0.15) is 0 Å². The fraction of sp³-hybridized carbons (Fsp3) is 0.385. The fourth-order valence-corrected chi connectivity index (χ4v) is 1.33. The molecule has 0 aliphatic carbocycles. The average Bonchev–Trinajstić information content (AvgIpc) is 2.33. The third-order valence-electron chi connectivity index (χ3n) is 2.09. The summed E-state index contributed by atoms with van der Waals surface area (Å²) in [5.41, 5.74) is 3.65. The summed E-state index contributed by atoms with van der Waals surface area (Å²) >= 11 is 0. The van der Waals surface area contributed by atoms with E-state index in [-0.39, 0.29) is 11.3 Å². The van der Waals surface area contributed by atoms with Crippen molar-refractivity contribution in [1.82, 2.24) is 10.9 Å². The summed E-state index contributed by atoms with van der Waals surface area (Å²) in [4.78, 5) is 23.2. The van der Waals surface area contributed by atoms with Crippen LogP contribution in [0.25, 0.3) is 0 Å². The lowest BCUT2D eigenvalue weighted by molar-refractivity contribution is 0.0483. The topological polar surface area (TPSA) is 76.7 Å². The highest BCUT2D eigenvalue weighted by Crippen LogP contribution is 2.19. The lowest BCUT2D eigenvalue weighted by Crippen LogP contribution is -2.44. The van der Waals surface area contributed by atoms with Crippen molar-refractivity contribution in [3.05, 3.63) is 29.6 Å². The minimum Gasteiger partial charge on any atom is -0.496 e. The summed E-state index contributed by atoms with van der Waals surface area (Å²) in [5, 5.41) is 0. The molecule has 0 fully saturated rings. The molecule has 0 aromatic heterocycles. The van der Waals surface area contributed by atoms with Gasteiger partial charge in [0, 0.05) is 6.07 Å². The highest BCUT2D eigenvalue weighted by atomic mass is 19.1. The Labute approximate surface area is 116 Å². The maximum atomic E-state index is 13.0. The third-order valence-corrected chi connectivity index (χ3v) is 2.09. The van der Waals surface area contributed by atoms with Gasteiger partial charge in [0.25, 0.3) is 5.91 Å². The van der Waals surface area contributed by atoms with Crippen molar-refractivity contribution in [1.29, 1.82) is 0 Å². The molecule has 0 aliphatic heterocycles. The first-order chi connectivity index (χ1) is 9.23. The van der Waals surface area contributed by atoms with Gasteiger partial charge in [-0.1, -0.05) is 0 Å². The number of carbonyl (C=O) groups is 2. The molecule has 1 rings (SSSR count). The molecule has 0 heterocycles. The zero-order valence-electron chi connectivity index (χ0n) is 11.7. The highest BCUT2D eigenvalue weighted by Gasteiger charge is 2.18. The van der Waals surface area contributed by atoms with Gasteiger partial charge in [-0.25, -0.2) is 14.6 Å². The molecule has 20 heavy (non-hydrogen) atoms. The second-order valence-corrected chi connectivity index (χ2v) is 4.93. The van der Waals surface area contributed by atoms with Gasteiger partial charge >= 0.3 is 6.09 Å². The van der Waals surface area contributed by atoms with E-state index in [0.29, 0.717) is 0 Å². The van der Waals surface area contributed by atoms with E-state index in [0.717, 1.165) is 12.1 Å². The maximum absolute atomic E-state index is 13.0. The van der Waals surface area contributed by atoms with Crippen molar-refractivity contribution in [2.45, 2.75) is 26.4 Å². The van der Waals surface area contributed by atoms with Crippen LogP contribution in [-0.4, -0.2) is 24.7 Å².